The minimum absolute atomic E-state index is 0. The standard InChI is InChI=1S/2C5H9N2.2C4H8N3.5CH4/c2*1-6-3-4-7(2)5-6;2*1-6-3-5-7(2)4-6;;;;;/h2*3-5H,1-2H3;2*3-4H,1-2H3;5*1H4/q4*+1;;;;;. The normalized spacial score (nSPS) is 8.00. The van der Waals surface area contributed by atoms with Crippen LogP contribution >= 0.6 is 0 Å². The molecule has 0 aliphatic carbocycles. The van der Waals surface area contributed by atoms with E-state index in [1.165, 1.54) is 0 Å². The first-order valence-electron chi connectivity index (χ1n) is 8.78. The number of hydrogen-bond donors (Lipinski definition) is 0. The highest BCUT2D eigenvalue weighted by molar-refractivity contribution is 4.61. The molecular formula is C23H54N10+4. The van der Waals surface area contributed by atoms with E-state index in [4.69, 9.17) is 0 Å². The first kappa shape index (κ1) is 40.1. The molecule has 4 aromatic heterocycles. The van der Waals surface area contributed by atoms with E-state index in [9.17, 15) is 0 Å². The summed E-state index contributed by atoms with van der Waals surface area (Å²) < 4.78 is 15.3. The van der Waals surface area contributed by atoms with Crippen LogP contribution in [-0.4, -0.2) is 28.7 Å². The van der Waals surface area contributed by atoms with E-state index in [1.807, 2.05) is 134 Å². The van der Waals surface area contributed by atoms with Gasteiger partial charge in [-0.25, -0.2) is 27.4 Å². The summed E-state index contributed by atoms with van der Waals surface area (Å²) in [6.07, 6.45) is 19.3. The van der Waals surface area contributed by atoms with Crippen molar-refractivity contribution in [3.8, 4) is 0 Å². The Labute approximate surface area is 203 Å². The molecule has 0 saturated heterocycles. The maximum absolute atomic E-state index is 3.90. The molecule has 4 aromatic rings. The highest BCUT2D eigenvalue weighted by Crippen LogP contribution is 1.71. The third-order valence-corrected chi connectivity index (χ3v) is 3.33. The molecule has 10 heteroatoms. The van der Waals surface area contributed by atoms with Crippen LogP contribution in [0.15, 0.2) is 62.8 Å². The molecule has 0 amide bonds. The Bertz CT molecular complexity index is 712. The molecule has 0 N–H and O–H groups in total. The summed E-state index contributed by atoms with van der Waals surface area (Å²) in [5, 5.41) is 7.79. The van der Waals surface area contributed by atoms with Crippen molar-refractivity contribution in [1.29, 1.82) is 0 Å². The molecule has 0 aromatic carbocycles. The molecule has 0 radical (unpaired) electrons. The quantitative estimate of drug-likeness (QED) is 0.365. The van der Waals surface area contributed by atoms with Crippen molar-refractivity contribution in [2.75, 3.05) is 0 Å². The fourth-order valence-electron chi connectivity index (χ4n) is 2.12. The Morgan fingerprint density at radius 3 is 0.848 bits per heavy atom. The van der Waals surface area contributed by atoms with Crippen molar-refractivity contribution in [2.24, 2.45) is 56.4 Å². The number of aromatic nitrogens is 10. The van der Waals surface area contributed by atoms with E-state index in [1.54, 1.807) is 22.0 Å². The molecule has 0 bridgehead atoms. The van der Waals surface area contributed by atoms with Crippen LogP contribution in [0.5, 0.6) is 0 Å². The zero-order valence-corrected chi connectivity index (χ0v) is 18.2. The summed E-state index contributed by atoms with van der Waals surface area (Å²) >= 11 is 0. The van der Waals surface area contributed by atoms with Crippen molar-refractivity contribution < 1.29 is 18.3 Å². The summed E-state index contributed by atoms with van der Waals surface area (Å²) in [5.41, 5.74) is 0. The second-order valence-corrected chi connectivity index (χ2v) is 6.66. The first-order chi connectivity index (χ1) is 13.2. The maximum atomic E-state index is 3.90. The van der Waals surface area contributed by atoms with Crippen LogP contribution in [0.2, 0.25) is 0 Å². The van der Waals surface area contributed by atoms with Gasteiger partial charge < -0.3 is 0 Å². The Kier molecular flexibility index (Phi) is 25.0. The van der Waals surface area contributed by atoms with Crippen LogP contribution in [0, 0.1) is 0 Å². The summed E-state index contributed by atoms with van der Waals surface area (Å²) in [6.45, 7) is 0. The third-order valence-electron chi connectivity index (χ3n) is 3.33. The number of hydrogen-bond acceptors (Lipinski definition) is 2. The van der Waals surface area contributed by atoms with Crippen molar-refractivity contribution >= 4 is 0 Å². The van der Waals surface area contributed by atoms with E-state index in [-0.39, 0.29) is 37.1 Å². The molecule has 0 unspecified atom stereocenters. The lowest BCUT2D eigenvalue weighted by Gasteiger charge is -1.72. The van der Waals surface area contributed by atoms with Crippen molar-refractivity contribution in [3.63, 3.8) is 0 Å². The average molecular weight is 471 g/mol. The topological polar surface area (TPSA) is 61.0 Å². The molecule has 4 rings (SSSR count). The molecule has 4 heterocycles. The summed E-state index contributed by atoms with van der Waals surface area (Å²) in [4.78, 5) is 0. The molecule has 0 aliphatic rings. The minimum Gasteiger partial charge on any atom is -0.240 e. The second-order valence-electron chi connectivity index (χ2n) is 6.66. The van der Waals surface area contributed by atoms with Crippen LogP contribution in [0.4, 0.5) is 0 Å². The van der Waals surface area contributed by atoms with Gasteiger partial charge >= 0.3 is 0 Å². The van der Waals surface area contributed by atoms with E-state index in [0.717, 1.165) is 0 Å². The minimum atomic E-state index is 0. The predicted octanol–water partition coefficient (Wildman–Crippen LogP) is 1.37. The molecule has 0 spiro atoms. The number of nitrogens with zero attached hydrogens (tertiary/aromatic N) is 10. The lowest BCUT2D eigenvalue weighted by Crippen LogP contribution is -2.23. The zero-order chi connectivity index (χ0) is 21.1. The van der Waals surface area contributed by atoms with Crippen LogP contribution in [-0.2, 0) is 56.4 Å². The Morgan fingerprint density at radius 1 is 0.485 bits per heavy atom. The lowest BCUT2D eigenvalue weighted by atomic mass is 10.9. The maximum Gasteiger partial charge on any atom is 0.264 e. The Morgan fingerprint density at radius 2 is 0.788 bits per heavy atom. The van der Waals surface area contributed by atoms with Gasteiger partial charge in [0.05, 0.1) is 56.4 Å². The van der Waals surface area contributed by atoms with Crippen molar-refractivity contribution in [1.82, 2.24) is 28.7 Å². The molecule has 192 valence electrons. The van der Waals surface area contributed by atoms with Gasteiger partial charge in [0.1, 0.15) is 24.8 Å². The lowest BCUT2D eigenvalue weighted by molar-refractivity contribution is -0.672. The third kappa shape index (κ3) is 19.1. The van der Waals surface area contributed by atoms with E-state index in [0.29, 0.717) is 0 Å². The zero-order valence-electron chi connectivity index (χ0n) is 18.2. The van der Waals surface area contributed by atoms with Gasteiger partial charge in [-0.05, 0) is 0 Å². The molecule has 0 saturated carbocycles. The predicted molar refractivity (Wildman–Crippen MR) is 136 cm³/mol. The molecular weight excluding hydrogens is 416 g/mol. The van der Waals surface area contributed by atoms with Crippen molar-refractivity contribution in [2.45, 2.75) is 37.1 Å². The monoisotopic (exact) mass is 470 g/mol. The molecule has 33 heavy (non-hydrogen) atoms. The van der Waals surface area contributed by atoms with Gasteiger partial charge in [0.25, 0.3) is 12.7 Å². The molecule has 0 atom stereocenters. The summed E-state index contributed by atoms with van der Waals surface area (Å²) in [6, 6.07) is 0. The SMILES string of the molecule is C.C.C.C.C.Cn1c[n+](C)cn1.Cn1c[n+](C)cn1.Cn1cc[n+](C)c1.Cn1cc[n+](C)c1. The summed E-state index contributed by atoms with van der Waals surface area (Å²) in [7, 11) is 15.7. The van der Waals surface area contributed by atoms with Gasteiger partial charge in [-0.3, -0.25) is 0 Å². The van der Waals surface area contributed by atoms with Crippen LogP contribution in [0.3, 0.4) is 0 Å². The van der Waals surface area contributed by atoms with Crippen LogP contribution < -0.4 is 18.3 Å². The smallest absolute Gasteiger partial charge is 0.240 e. The van der Waals surface area contributed by atoms with Gasteiger partial charge in [-0.1, -0.05) is 37.1 Å². The Hall–Kier alpha value is -3.30. The van der Waals surface area contributed by atoms with E-state index >= 15 is 0 Å². The molecule has 10 nitrogen and oxygen atoms in total. The second kappa shape index (κ2) is 20.6. The van der Waals surface area contributed by atoms with Gasteiger partial charge in [-0.2, -0.15) is 0 Å². The fraction of sp³-hybridized carbons (Fsp3) is 0.565. The highest BCUT2D eigenvalue weighted by atomic mass is 15.3. The largest absolute Gasteiger partial charge is 0.264 e. The van der Waals surface area contributed by atoms with Crippen LogP contribution in [0.25, 0.3) is 0 Å². The van der Waals surface area contributed by atoms with Gasteiger partial charge in [0, 0.05) is 10.2 Å². The number of aryl methyl sites for hydroxylation is 8. The average Bonchev–Trinajstić information content (AvgIpc) is 3.37. The van der Waals surface area contributed by atoms with Gasteiger partial charge in [0.2, 0.25) is 25.3 Å². The fourth-order valence-corrected chi connectivity index (χ4v) is 2.12. The summed E-state index contributed by atoms with van der Waals surface area (Å²) in [5.74, 6) is 0. The van der Waals surface area contributed by atoms with Crippen LogP contribution in [0.1, 0.15) is 37.1 Å². The van der Waals surface area contributed by atoms with Crippen molar-refractivity contribution in [3.05, 3.63) is 62.8 Å². The number of rotatable bonds is 0. The van der Waals surface area contributed by atoms with Gasteiger partial charge in [-0.15, -0.1) is 9.36 Å². The Balaban J connectivity index is -0.000000101. The molecule has 0 aliphatic heterocycles. The first-order valence-corrected chi connectivity index (χ1v) is 8.78. The highest BCUT2D eigenvalue weighted by Gasteiger charge is 1.91. The van der Waals surface area contributed by atoms with E-state index in [2.05, 4.69) is 10.2 Å². The van der Waals surface area contributed by atoms with Gasteiger partial charge in [0.15, 0.2) is 0 Å². The van der Waals surface area contributed by atoms with E-state index < -0.39 is 0 Å². The molecule has 0 fully saturated rings. The number of imidazole rings is 2.